The van der Waals surface area contributed by atoms with E-state index in [1.807, 2.05) is 0 Å². The van der Waals surface area contributed by atoms with E-state index in [1.54, 1.807) is 0 Å². The molecule has 3 rings (SSSR count). The first-order valence-electron chi connectivity index (χ1n) is 9.96. The number of hydrogen-bond donors (Lipinski definition) is 0. The molecular weight excluding hydrogens is 332 g/mol. The highest BCUT2D eigenvalue weighted by molar-refractivity contribution is 6.99. The molecule has 0 radical (unpaired) electrons. The second kappa shape index (κ2) is 7.83. The minimum atomic E-state index is -2.45. The summed E-state index contributed by atoms with van der Waals surface area (Å²) in [5, 5.41) is 2.73. The number of allylic oxidation sites excluding steroid dienone is 2. The molecule has 0 unspecified atom stereocenters. The standard InChI is InChI=1S/C24H32OSi/c1-5-21(19-18-20-16-17-20)25-26(24(2,3)4,22-12-8-6-9-13-22)23-14-10-7-11-15-23/h6-15,19-20H,5,16-18H2,1-4H3. The van der Waals surface area contributed by atoms with Crippen LogP contribution in [0.1, 0.15) is 53.4 Å². The smallest absolute Gasteiger partial charge is 0.319 e. The summed E-state index contributed by atoms with van der Waals surface area (Å²) in [6, 6.07) is 21.8. The second-order valence-corrected chi connectivity index (χ2v) is 12.7. The van der Waals surface area contributed by atoms with Crippen molar-refractivity contribution in [3.63, 3.8) is 0 Å². The van der Waals surface area contributed by atoms with Crippen molar-refractivity contribution >= 4 is 18.7 Å². The molecule has 1 fully saturated rings. The number of rotatable bonds is 7. The Labute approximate surface area is 160 Å². The molecular formula is C24H32OSi. The van der Waals surface area contributed by atoms with E-state index in [1.165, 1.54) is 35.4 Å². The van der Waals surface area contributed by atoms with Gasteiger partial charge in [0, 0.05) is 6.42 Å². The Morgan fingerprint density at radius 3 is 1.85 bits per heavy atom. The van der Waals surface area contributed by atoms with Gasteiger partial charge < -0.3 is 4.43 Å². The number of benzene rings is 2. The van der Waals surface area contributed by atoms with E-state index in [9.17, 15) is 0 Å². The van der Waals surface area contributed by atoms with Crippen molar-refractivity contribution in [1.82, 2.24) is 0 Å². The normalized spacial score (nSPS) is 15.8. The molecule has 0 atom stereocenters. The van der Waals surface area contributed by atoms with Crippen LogP contribution in [0.25, 0.3) is 0 Å². The zero-order valence-electron chi connectivity index (χ0n) is 16.7. The summed E-state index contributed by atoms with van der Waals surface area (Å²) in [5.74, 6) is 2.06. The summed E-state index contributed by atoms with van der Waals surface area (Å²) in [7, 11) is -2.45. The Morgan fingerprint density at radius 2 is 1.46 bits per heavy atom. The molecule has 1 aliphatic rings. The van der Waals surface area contributed by atoms with Crippen molar-refractivity contribution in [2.45, 2.75) is 58.4 Å². The zero-order chi connectivity index (χ0) is 18.6. The molecule has 0 amide bonds. The lowest BCUT2D eigenvalue weighted by Crippen LogP contribution is -2.66. The van der Waals surface area contributed by atoms with E-state index in [0.717, 1.165) is 12.3 Å². The van der Waals surface area contributed by atoms with Crippen LogP contribution in [0.3, 0.4) is 0 Å². The molecule has 26 heavy (non-hydrogen) atoms. The van der Waals surface area contributed by atoms with Crippen LogP contribution in [-0.4, -0.2) is 8.32 Å². The predicted octanol–water partition coefficient (Wildman–Crippen LogP) is 5.66. The summed E-state index contributed by atoms with van der Waals surface area (Å²) < 4.78 is 7.10. The topological polar surface area (TPSA) is 9.23 Å². The van der Waals surface area contributed by atoms with Crippen LogP contribution in [0, 0.1) is 5.92 Å². The molecule has 1 aliphatic carbocycles. The lowest BCUT2D eigenvalue weighted by Gasteiger charge is -2.43. The summed E-state index contributed by atoms with van der Waals surface area (Å²) in [5.41, 5.74) is 0. The van der Waals surface area contributed by atoms with Crippen LogP contribution in [0.4, 0.5) is 0 Å². The van der Waals surface area contributed by atoms with Gasteiger partial charge in [-0.3, -0.25) is 0 Å². The molecule has 138 valence electrons. The van der Waals surface area contributed by atoms with Gasteiger partial charge in [0.2, 0.25) is 0 Å². The minimum Gasteiger partial charge on any atom is -0.537 e. The molecule has 0 saturated heterocycles. The molecule has 0 bridgehead atoms. The first-order valence-corrected chi connectivity index (χ1v) is 11.9. The molecule has 0 aromatic heterocycles. The first-order chi connectivity index (χ1) is 12.5. The van der Waals surface area contributed by atoms with Crippen LogP contribution in [0.15, 0.2) is 72.5 Å². The van der Waals surface area contributed by atoms with Crippen molar-refractivity contribution in [1.29, 1.82) is 0 Å². The predicted molar refractivity (Wildman–Crippen MR) is 114 cm³/mol. The van der Waals surface area contributed by atoms with Gasteiger partial charge in [-0.1, -0.05) is 88.4 Å². The first kappa shape index (κ1) is 19.0. The van der Waals surface area contributed by atoms with Gasteiger partial charge in [0.15, 0.2) is 0 Å². The third kappa shape index (κ3) is 3.96. The SMILES string of the molecule is CCC(=CCC1CC1)O[Si](c1ccccc1)(c1ccccc1)C(C)(C)C. The van der Waals surface area contributed by atoms with Crippen LogP contribution in [-0.2, 0) is 4.43 Å². The lowest BCUT2D eigenvalue weighted by molar-refractivity contribution is 0.380. The molecule has 1 saturated carbocycles. The molecule has 2 aromatic carbocycles. The monoisotopic (exact) mass is 364 g/mol. The Morgan fingerprint density at radius 1 is 0.962 bits per heavy atom. The van der Waals surface area contributed by atoms with Crippen molar-refractivity contribution < 1.29 is 4.43 Å². The fourth-order valence-corrected chi connectivity index (χ4v) is 8.31. The maximum absolute atomic E-state index is 7.10. The van der Waals surface area contributed by atoms with Crippen LogP contribution in [0.2, 0.25) is 5.04 Å². The Kier molecular flexibility index (Phi) is 5.72. The van der Waals surface area contributed by atoms with E-state index in [-0.39, 0.29) is 5.04 Å². The Balaban J connectivity index is 2.12. The highest BCUT2D eigenvalue weighted by Crippen LogP contribution is 2.39. The summed E-state index contributed by atoms with van der Waals surface area (Å²) >= 11 is 0. The largest absolute Gasteiger partial charge is 0.537 e. The van der Waals surface area contributed by atoms with E-state index in [2.05, 4.69) is 94.4 Å². The van der Waals surface area contributed by atoms with Gasteiger partial charge in [0.25, 0.3) is 0 Å². The van der Waals surface area contributed by atoms with Gasteiger partial charge in [-0.2, -0.15) is 0 Å². The molecule has 1 nitrogen and oxygen atoms in total. The van der Waals surface area contributed by atoms with Crippen LogP contribution >= 0.6 is 0 Å². The molecule has 2 aromatic rings. The highest BCUT2D eigenvalue weighted by Gasteiger charge is 2.52. The van der Waals surface area contributed by atoms with Gasteiger partial charge in [-0.25, -0.2) is 0 Å². The zero-order valence-corrected chi connectivity index (χ0v) is 17.7. The van der Waals surface area contributed by atoms with Crippen LogP contribution in [0.5, 0.6) is 0 Å². The fraction of sp³-hybridized carbons (Fsp3) is 0.417. The molecule has 0 aliphatic heterocycles. The van der Waals surface area contributed by atoms with E-state index in [4.69, 9.17) is 4.43 Å². The minimum absolute atomic E-state index is 0.0313. The third-order valence-corrected chi connectivity index (χ3v) is 10.4. The molecule has 0 spiro atoms. The van der Waals surface area contributed by atoms with Gasteiger partial charge in [0.05, 0.1) is 5.76 Å². The average Bonchev–Trinajstić information content (AvgIpc) is 3.47. The van der Waals surface area contributed by atoms with Gasteiger partial charge >= 0.3 is 8.32 Å². The van der Waals surface area contributed by atoms with E-state index >= 15 is 0 Å². The van der Waals surface area contributed by atoms with Gasteiger partial charge in [-0.15, -0.1) is 0 Å². The van der Waals surface area contributed by atoms with Crippen LogP contribution < -0.4 is 10.4 Å². The maximum atomic E-state index is 7.10. The van der Waals surface area contributed by atoms with Crippen molar-refractivity contribution in [2.75, 3.05) is 0 Å². The third-order valence-electron chi connectivity index (χ3n) is 5.43. The summed E-state index contributed by atoms with van der Waals surface area (Å²) in [6.45, 7) is 9.24. The second-order valence-electron chi connectivity index (χ2n) is 8.47. The molecule has 0 N–H and O–H groups in total. The molecule has 2 heteroatoms. The summed E-state index contributed by atoms with van der Waals surface area (Å²) in [4.78, 5) is 0. The lowest BCUT2D eigenvalue weighted by atomic mass is 10.2. The number of hydrogen-bond acceptors (Lipinski definition) is 1. The van der Waals surface area contributed by atoms with Crippen molar-refractivity contribution in [3.05, 3.63) is 72.5 Å². The van der Waals surface area contributed by atoms with E-state index in [0.29, 0.717) is 0 Å². The molecule has 0 heterocycles. The summed E-state index contributed by atoms with van der Waals surface area (Å²) in [6.07, 6.45) is 7.26. The van der Waals surface area contributed by atoms with E-state index < -0.39 is 8.32 Å². The highest BCUT2D eigenvalue weighted by atomic mass is 28.4. The van der Waals surface area contributed by atoms with Crippen molar-refractivity contribution in [2.24, 2.45) is 5.92 Å². The fourth-order valence-electron chi connectivity index (χ4n) is 3.76. The van der Waals surface area contributed by atoms with Crippen molar-refractivity contribution in [3.8, 4) is 0 Å². The maximum Gasteiger partial charge on any atom is 0.319 e. The Bertz CT molecular complexity index is 684. The quantitative estimate of drug-likeness (QED) is 0.455. The Hall–Kier alpha value is -1.80. The van der Waals surface area contributed by atoms with Gasteiger partial charge in [0.1, 0.15) is 0 Å². The van der Waals surface area contributed by atoms with Gasteiger partial charge in [-0.05, 0) is 46.7 Å². The average molecular weight is 365 g/mol.